The summed E-state index contributed by atoms with van der Waals surface area (Å²) in [5.74, 6) is 0.670. The van der Waals surface area contributed by atoms with E-state index >= 15 is 0 Å². The Kier molecular flexibility index (Phi) is 6.60. The number of carbonyl (C=O) groups is 1. The van der Waals surface area contributed by atoms with Crippen molar-refractivity contribution in [3.8, 4) is 5.75 Å². The summed E-state index contributed by atoms with van der Waals surface area (Å²) in [6.07, 6.45) is 12.0. The first-order valence-corrected chi connectivity index (χ1v) is 11.3. The Hall–Kier alpha value is -3.13. The van der Waals surface area contributed by atoms with Gasteiger partial charge in [-0.25, -0.2) is 0 Å². The molecule has 2 aliphatic rings. The third-order valence-corrected chi connectivity index (χ3v) is 6.04. The Bertz CT molecular complexity index is 1060. The van der Waals surface area contributed by atoms with E-state index in [-0.39, 0.29) is 18.1 Å². The largest absolute Gasteiger partial charge is 0.535 e. The van der Waals surface area contributed by atoms with E-state index in [1.807, 2.05) is 29.9 Å². The number of anilines is 1. The molecule has 32 heavy (non-hydrogen) atoms. The number of aliphatic hydroxyl groups excluding tert-OH is 1. The molecule has 0 unspecified atom stereocenters. The SMILES string of the molecule is C=C/C=C\C(C1CC1)=[N+](\O)C(=O)Nc1cc2cn(C3CCC(O)CC3)nc2cc1OCC. The van der Waals surface area contributed by atoms with E-state index < -0.39 is 6.03 Å². The fourth-order valence-electron chi connectivity index (χ4n) is 4.16. The predicted octanol–water partition coefficient (Wildman–Crippen LogP) is 4.44. The van der Waals surface area contributed by atoms with Gasteiger partial charge in [0.2, 0.25) is 0 Å². The Morgan fingerprint density at radius 2 is 2.06 bits per heavy atom. The molecule has 0 radical (unpaired) electrons. The molecule has 2 aliphatic carbocycles. The highest BCUT2D eigenvalue weighted by Gasteiger charge is 2.34. The summed E-state index contributed by atoms with van der Waals surface area (Å²) >= 11 is 0. The summed E-state index contributed by atoms with van der Waals surface area (Å²) in [4.78, 5) is 12.8. The second-order valence-electron chi connectivity index (χ2n) is 8.45. The molecule has 0 atom stereocenters. The number of hydrogen-bond acceptors (Lipinski definition) is 5. The molecule has 0 bridgehead atoms. The highest BCUT2D eigenvalue weighted by atomic mass is 16.5. The Labute approximate surface area is 187 Å². The van der Waals surface area contributed by atoms with Crippen LogP contribution in [-0.2, 0) is 0 Å². The van der Waals surface area contributed by atoms with E-state index in [4.69, 9.17) is 9.84 Å². The number of ether oxygens (including phenoxy) is 1. The minimum absolute atomic E-state index is 0.169. The van der Waals surface area contributed by atoms with Gasteiger partial charge in [0.25, 0.3) is 0 Å². The van der Waals surface area contributed by atoms with Crippen LogP contribution in [0.2, 0.25) is 0 Å². The van der Waals surface area contributed by atoms with Crippen LogP contribution in [0, 0.1) is 5.92 Å². The number of aromatic nitrogens is 2. The summed E-state index contributed by atoms with van der Waals surface area (Å²) in [6, 6.07) is 3.24. The standard InChI is InChI=1S/C24H30N4O4/c1-3-5-6-22(16-7-8-16)28(31)24(30)25-21-13-17-15-27(18-9-11-19(29)12-10-18)26-20(17)14-23(21)32-4-2/h3,5-6,13-16,18-19,29H,1,4,7-12H2,2H3,(H-,25,30,31)/p+1/b6-5-,28-22-. The van der Waals surface area contributed by atoms with Crippen molar-refractivity contribution < 1.29 is 24.6 Å². The van der Waals surface area contributed by atoms with Gasteiger partial charge < -0.3 is 15.1 Å². The smallest absolute Gasteiger partial charge is 0.489 e. The van der Waals surface area contributed by atoms with Crippen LogP contribution in [0.3, 0.4) is 0 Å². The number of benzene rings is 1. The van der Waals surface area contributed by atoms with Gasteiger partial charge in [-0.1, -0.05) is 18.7 Å². The minimum atomic E-state index is -0.644. The first-order chi connectivity index (χ1) is 15.5. The maximum atomic E-state index is 12.8. The highest BCUT2D eigenvalue weighted by molar-refractivity contribution is 6.00. The average Bonchev–Trinajstić information content (AvgIpc) is 3.54. The quantitative estimate of drug-likeness (QED) is 0.148. The zero-order valence-electron chi connectivity index (χ0n) is 18.4. The minimum Gasteiger partial charge on any atom is -0.489 e. The lowest BCUT2D eigenvalue weighted by Crippen LogP contribution is -2.29. The number of hydrogen-bond donors (Lipinski definition) is 3. The number of allylic oxidation sites excluding steroid dienone is 3. The van der Waals surface area contributed by atoms with Crippen LogP contribution < -0.4 is 10.1 Å². The molecule has 8 heteroatoms. The van der Waals surface area contributed by atoms with Crippen molar-refractivity contribution in [2.45, 2.75) is 57.6 Å². The molecule has 0 saturated heterocycles. The number of rotatable bonds is 7. The molecule has 1 aromatic heterocycles. The molecule has 2 fully saturated rings. The van der Waals surface area contributed by atoms with Crippen LogP contribution in [0.4, 0.5) is 10.5 Å². The Morgan fingerprint density at radius 1 is 1.31 bits per heavy atom. The molecule has 2 aromatic rings. The van der Waals surface area contributed by atoms with Crippen molar-refractivity contribution in [3.63, 3.8) is 0 Å². The number of amides is 2. The van der Waals surface area contributed by atoms with E-state index in [1.54, 1.807) is 18.2 Å². The third kappa shape index (κ3) is 4.85. The maximum absolute atomic E-state index is 12.8. The second kappa shape index (κ2) is 9.56. The number of carbonyl (C=O) groups excluding carboxylic acids is 1. The van der Waals surface area contributed by atoms with Crippen LogP contribution in [0.15, 0.2) is 43.1 Å². The molecular weight excluding hydrogens is 408 g/mol. The van der Waals surface area contributed by atoms with E-state index in [2.05, 4.69) is 11.9 Å². The van der Waals surface area contributed by atoms with E-state index in [0.29, 0.717) is 28.5 Å². The first-order valence-electron chi connectivity index (χ1n) is 11.3. The van der Waals surface area contributed by atoms with Crippen molar-refractivity contribution in [1.82, 2.24) is 9.78 Å². The molecule has 3 N–H and O–H groups in total. The summed E-state index contributed by atoms with van der Waals surface area (Å²) in [5, 5.41) is 28.7. The van der Waals surface area contributed by atoms with Crippen molar-refractivity contribution in [3.05, 3.63) is 43.1 Å². The van der Waals surface area contributed by atoms with Crippen LogP contribution >= 0.6 is 0 Å². The fourth-order valence-corrected chi connectivity index (χ4v) is 4.16. The highest BCUT2D eigenvalue weighted by Crippen LogP contribution is 2.34. The Morgan fingerprint density at radius 3 is 2.72 bits per heavy atom. The topological polar surface area (TPSA) is 99.6 Å². The lowest BCUT2D eigenvalue weighted by Gasteiger charge is -2.25. The third-order valence-electron chi connectivity index (χ3n) is 6.04. The maximum Gasteiger partial charge on any atom is 0.535 e. The van der Waals surface area contributed by atoms with Gasteiger partial charge in [-0.2, -0.15) is 15.2 Å². The second-order valence-corrected chi connectivity index (χ2v) is 8.45. The number of nitrogens with zero attached hydrogens (tertiary/aromatic N) is 3. The van der Waals surface area contributed by atoms with Crippen molar-refractivity contribution in [2.75, 3.05) is 11.9 Å². The zero-order valence-corrected chi connectivity index (χ0v) is 18.4. The van der Waals surface area contributed by atoms with Gasteiger partial charge in [0.05, 0.1) is 24.3 Å². The summed E-state index contributed by atoms with van der Waals surface area (Å²) in [6.45, 7) is 5.95. The number of fused-ring (bicyclic) bond motifs is 1. The van der Waals surface area contributed by atoms with E-state index in [1.165, 1.54) is 0 Å². The zero-order chi connectivity index (χ0) is 22.7. The van der Waals surface area contributed by atoms with Crippen LogP contribution in [0.25, 0.3) is 10.9 Å². The number of aliphatic hydroxyl groups is 1. The molecule has 0 spiro atoms. The predicted molar refractivity (Wildman–Crippen MR) is 123 cm³/mol. The van der Waals surface area contributed by atoms with Crippen molar-refractivity contribution >= 4 is 28.3 Å². The monoisotopic (exact) mass is 439 g/mol. The normalized spacial score (nSPS) is 22.1. The summed E-state index contributed by atoms with van der Waals surface area (Å²) in [7, 11) is 0. The summed E-state index contributed by atoms with van der Waals surface area (Å²) in [5.41, 5.74) is 1.80. The number of urea groups is 1. The molecule has 2 amide bonds. The van der Waals surface area contributed by atoms with Crippen LogP contribution in [0.1, 0.15) is 51.5 Å². The molecule has 1 heterocycles. The average molecular weight is 440 g/mol. The van der Waals surface area contributed by atoms with Crippen molar-refractivity contribution in [2.24, 2.45) is 5.92 Å². The molecule has 1 aromatic carbocycles. The summed E-state index contributed by atoms with van der Waals surface area (Å²) < 4.78 is 8.38. The first kappa shape index (κ1) is 22.1. The number of nitrogens with one attached hydrogen (secondary N) is 1. The molecule has 2 saturated carbocycles. The molecular formula is C24H31N4O4+. The molecule has 8 nitrogen and oxygen atoms in total. The van der Waals surface area contributed by atoms with Gasteiger partial charge in [0.1, 0.15) is 0 Å². The van der Waals surface area contributed by atoms with Crippen LogP contribution in [-0.4, -0.2) is 49.3 Å². The molecule has 4 rings (SSSR count). The van der Waals surface area contributed by atoms with Crippen molar-refractivity contribution in [1.29, 1.82) is 0 Å². The lowest BCUT2D eigenvalue weighted by molar-refractivity contribution is -0.697. The van der Waals surface area contributed by atoms with Crippen LogP contribution in [0.5, 0.6) is 5.75 Å². The Balaban J connectivity index is 1.62. The molecule has 170 valence electrons. The number of hydroxylamine groups is 1. The van der Waals surface area contributed by atoms with Gasteiger partial charge >= 0.3 is 6.03 Å². The van der Waals surface area contributed by atoms with Gasteiger partial charge in [-0.15, -0.1) is 0 Å². The van der Waals surface area contributed by atoms with Gasteiger partial charge in [0.15, 0.2) is 17.1 Å². The lowest BCUT2D eigenvalue weighted by atomic mass is 9.93. The van der Waals surface area contributed by atoms with E-state index in [9.17, 15) is 15.1 Å². The molecule has 0 aliphatic heterocycles. The van der Waals surface area contributed by atoms with Gasteiger partial charge in [-0.3, -0.25) is 4.68 Å². The van der Waals surface area contributed by atoms with Gasteiger partial charge in [-0.05, 0) is 62.3 Å². The van der Waals surface area contributed by atoms with Gasteiger partial charge in [0, 0.05) is 23.6 Å². The van der Waals surface area contributed by atoms with E-state index in [0.717, 1.165) is 49.4 Å². The fraction of sp³-hybridized carbons (Fsp3) is 0.458.